The molecule has 0 aliphatic carbocycles. The first-order chi connectivity index (χ1) is 9.88. The van der Waals surface area contributed by atoms with Crippen molar-refractivity contribution in [3.8, 4) is 0 Å². The fraction of sp³-hybridized carbons (Fsp3) is 0.0833. The first kappa shape index (κ1) is 15.4. The summed E-state index contributed by atoms with van der Waals surface area (Å²) >= 11 is 4.73. The maximum absolute atomic E-state index is 13.8. The van der Waals surface area contributed by atoms with Crippen molar-refractivity contribution in [1.29, 1.82) is 0 Å². The number of hydrogen-bond donors (Lipinski definition) is 2. The molecular formula is C12H8BrFN2O4S. The number of thiophene rings is 1. The number of carbonyl (C=O) groups is 1. The van der Waals surface area contributed by atoms with Crippen LogP contribution in [0.1, 0.15) is 15.2 Å². The zero-order valence-corrected chi connectivity index (χ0v) is 12.7. The van der Waals surface area contributed by atoms with Gasteiger partial charge >= 0.3 is 5.97 Å². The first-order valence-corrected chi connectivity index (χ1v) is 7.18. The molecule has 1 aromatic carbocycles. The monoisotopic (exact) mass is 374 g/mol. The number of halogens is 2. The second-order valence-corrected chi connectivity index (χ2v) is 6.52. The molecule has 0 saturated carbocycles. The summed E-state index contributed by atoms with van der Waals surface area (Å²) in [4.78, 5) is 21.7. The van der Waals surface area contributed by atoms with Crippen molar-refractivity contribution in [3.63, 3.8) is 0 Å². The Balaban J connectivity index is 2.29. The SMILES string of the molecule is O=C(O)c1cc(NCc2ccc(Br)s2)c(F)cc1[N+](=O)[O-]. The van der Waals surface area contributed by atoms with Crippen LogP contribution in [0.4, 0.5) is 15.8 Å². The third kappa shape index (κ3) is 3.56. The normalized spacial score (nSPS) is 10.4. The Labute approximate surface area is 130 Å². The second kappa shape index (κ2) is 6.19. The summed E-state index contributed by atoms with van der Waals surface area (Å²) in [5.74, 6) is -2.36. The van der Waals surface area contributed by atoms with Crippen molar-refractivity contribution in [2.45, 2.75) is 6.54 Å². The Morgan fingerprint density at radius 2 is 2.19 bits per heavy atom. The van der Waals surface area contributed by atoms with Crippen molar-refractivity contribution < 1.29 is 19.2 Å². The van der Waals surface area contributed by atoms with Gasteiger partial charge in [-0.05, 0) is 34.1 Å². The van der Waals surface area contributed by atoms with E-state index in [1.54, 1.807) is 0 Å². The van der Waals surface area contributed by atoms with Gasteiger partial charge in [0.05, 0.1) is 20.5 Å². The van der Waals surface area contributed by atoms with E-state index in [-0.39, 0.29) is 12.2 Å². The summed E-state index contributed by atoms with van der Waals surface area (Å²) in [7, 11) is 0. The fourth-order valence-electron chi connectivity index (χ4n) is 1.65. The Hall–Kier alpha value is -2.00. The molecule has 2 aromatic rings. The second-order valence-electron chi connectivity index (χ2n) is 3.97. The van der Waals surface area contributed by atoms with Crippen LogP contribution in [0.5, 0.6) is 0 Å². The number of carboxylic acids is 1. The molecule has 0 spiro atoms. The molecule has 1 heterocycles. The zero-order valence-electron chi connectivity index (χ0n) is 10.3. The van der Waals surface area contributed by atoms with Gasteiger partial charge in [-0.1, -0.05) is 0 Å². The molecular weight excluding hydrogens is 367 g/mol. The molecule has 9 heteroatoms. The van der Waals surface area contributed by atoms with Crippen LogP contribution < -0.4 is 5.32 Å². The smallest absolute Gasteiger partial charge is 0.342 e. The van der Waals surface area contributed by atoms with Crippen LogP contribution in [-0.4, -0.2) is 16.0 Å². The molecule has 0 fully saturated rings. The Morgan fingerprint density at radius 3 is 2.71 bits per heavy atom. The van der Waals surface area contributed by atoms with E-state index < -0.39 is 28.0 Å². The Morgan fingerprint density at radius 1 is 1.48 bits per heavy atom. The predicted octanol–water partition coefficient (Wildman–Crippen LogP) is 3.87. The highest BCUT2D eigenvalue weighted by molar-refractivity contribution is 9.11. The summed E-state index contributed by atoms with van der Waals surface area (Å²) in [5.41, 5.74) is -1.43. The first-order valence-electron chi connectivity index (χ1n) is 5.58. The molecule has 0 atom stereocenters. The summed E-state index contributed by atoms with van der Waals surface area (Å²) in [6.07, 6.45) is 0. The lowest BCUT2D eigenvalue weighted by atomic mass is 10.1. The third-order valence-electron chi connectivity index (χ3n) is 2.59. The third-order valence-corrected chi connectivity index (χ3v) is 4.22. The lowest BCUT2D eigenvalue weighted by Gasteiger charge is -2.08. The highest BCUT2D eigenvalue weighted by Crippen LogP contribution is 2.28. The van der Waals surface area contributed by atoms with Crippen LogP contribution in [0, 0.1) is 15.9 Å². The van der Waals surface area contributed by atoms with Gasteiger partial charge in [0, 0.05) is 11.4 Å². The number of nitro groups is 1. The lowest BCUT2D eigenvalue weighted by Crippen LogP contribution is -2.07. The van der Waals surface area contributed by atoms with Crippen molar-refractivity contribution >= 4 is 44.6 Å². The molecule has 110 valence electrons. The average Bonchev–Trinajstić information content (AvgIpc) is 2.82. The number of hydrogen-bond acceptors (Lipinski definition) is 5. The number of anilines is 1. The fourth-order valence-corrected chi connectivity index (χ4v) is 3.07. The topological polar surface area (TPSA) is 92.5 Å². The van der Waals surface area contributed by atoms with Crippen LogP contribution in [0.3, 0.4) is 0 Å². The molecule has 0 saturated heterocycles. The van der Waals surface area contributed by atoms with Gasteiger partial charge in [-0.25, -0.2) is 9.18 Å². The van der Waals surface area contributed by atoms with Crippen molar-refractivity contribution in [3.05, 3.63) is 54.4 Å². The minimum absolute atomic E-state index is 0.0949. The molecule has 0 aliphatic heterocycles. The molecule has 21 heavy (non-hydrogen) atoms. The van der Waals surface area contributed by atoms with Gasteiger partial charge in [-0.2, -0.15) is 0 Å². The number of nitro benzene ring substituents is 1. The lowest BCUT2D eigenvalue weighted by molar-refractivity contribution is -0.385. The van der Waals surface area contributed by atoms with Crippen LogP contribution in [-0.2, 0) is 6.54 Å². The van der Waals surface area contributed by atoms with Gasteiger partial charge in [0.25, 0.3) is 5.69 Å². The molecule has 0 aliphatic rings. The van der Waals surface area contributed by atoms with E-state index in [4.69, 9.17) is 5.11 Å². The van der Waals surface area contributed by atoms with Gasteiger partial charge in [-0.3, -0.25) is 10.1 Å². The highest BCUT2D eigenvalue weighted by atomic mass is 79.9. The summed E-state index contributed by atoms with van der Waals surface area (Å²) < 4.78 is 14.7. The Bertz CT molecular complexity index is 719. The molecule has 0 bridgehead atoms. The maximum Gasteiger partial charge on any atom is 0.342 e. The van der Waals surface area contributed by atoms with Crippen molar-refractivity contribution in [2.75, 3.05) is 5.32 Å². The van der Waals surface area contributed by atoms with E-state index in [2.05, 4.69) is 21.2 Å². The quantitative estimate of drug-likeness (QED) is 0.612. The van der Waals surface area contributed by atoms with Crippen LogP contribution in [0.2, 0.25) is 0 Å². The van der Waals surface area contributed by atoms with E-state index in [0.29, 0.717) is 6.07 Å². The number of rotatable bonds is 5. The molecule has 0 amide bonds. The van der Waals surface area contributed by atoms with Gasteiger partial charge in [0.1, 0.15) is 5.56 Å². The zero-order chi connectivity index (χ0) is 15.6. The minimum Gasteiger partial charge on any atom is -0.477 e. The summed E-state index contributed by atoms with van der Waals surface area (Å²) in [6.45, 7) is 0.282. The van der Waals surface area contributed by atoms with E-state index in [9.17, 15) is 19.3 Å². The molecule has 2 rings (SSSR count). The number of aromatic carboxylic acids is 1. The molecule has 0 radical (unpaired) electrons. The van der Waals surface area contributed by atoms with Crippen LogP contribution >= 0.6 is 27.3 Å². The predicted molar refractivity (Wildman–Crippen MR) is 79.4 cm³/mol. The van der Waals surface area contributed by atoms with E-state index >= 15 is 0 Å². The summed E-state index contributed by atoms with van der Waals surface area (Å²) in [5, 5.41) is 22.4. The van der Waals surface area contributed by atoms with Crippen molar-refractivity contribution in [1.82, 2.24) is 0 Å². The van der Waals surface area contributed by atoms with Gasteiger partial charge in [-0.15, -0.1) is 11.3 Å². The number of nitrogens with zero attached hydrogens (tertiary/aromatic N) is 1. The van der Waals surface area contributed by atoms with E-state index in [1.165, 1.54) is 11.3 Å². The highest BCUT2D eigenvalue weighted by Gasteiger charge is 2.23. The van der Waals surface area contributed by atoms with Crippen molar-refractivity contribution in [2.24, 2.45) is 0 Å². The molecule has 2 N–H and O–H groups in total. The maximum atomic E-state index is 13.8. The van der Waals surface area contributed by atoms with Crippen LogP contribution in [0.25, 0.3) is 0 Å². The number of nitrogens with one attached hydrogen (secondary N) is 1. The minimum atomic E-state index is -1.48. The standard InChI is InChI=1S/C12H8BrFN2O4S/c13-11-2-1-6(21-11)5-15-9-3-7(12(17)18)10(16(19)20)4-8(9)14/h1-4,15H,5H2,(H,17,18). The number of carboxylic acid groups (broad SMARTS) is 1. The molecule has 0 unspecified atom stereocenters. The van der Waals surface area contributed by atoms with E-state index in [1.807, 2.05) is 12.1 Å². The number of benzene rings is 1. The summed E-state index contributed by atoms with van der Waals surface area (Å²) in [6, 6.07) is 5.19. The Kier molecular flexibility index (Phi) is 4.53. The molecule has 6 nitrogen and oxygen atoms in total. The largest absolute Gasteiger partial charge is 0.477 e. The van der Waals surface area contributed by atoms with Gasteiger partial charge in [0.2, 0.25) is 0 Å². The van der Waals surface area contributed by atoms with Crippen LogP contribution in [0.15, 0.2) is 28.1 Å². The van der Waals surface area contributed by atoms with E-state index in [0.717, 1.165) is 14.7 Å². The van der Waals surface area contributed by atoms with Gasteiger partial charge in [0.15, 0.2) is 5.82 Å². The average molecular weight is 375 g/mol. The van der Waals surface area contributed by atoms with Gasteiger partial charge < -0.3 is 10.4 Å². The molecule has 1 aromatic heterocycles.